The van der Waals surface area contributed by atoms with E-state index in [1.807, 2.05) is 0 Å². The highest BCUT2D eigenvalue weighted by molar-refractivity contribution is 7.85. The summed E-state index contributed by atoms with van der Waals surface area (Å²) in [5, 5.41) is 0.464. The predicted octanol–water partition coefficient (Wildman–Crippen LogP) is 2.07. The van der Waals surface area contributed by atoms with Crippen molar-refractivity contribution in [3.05, 3.63) is 23.2 Å². The van der Waals surface area contributed by atoms with E-state index < -0.39 is 10.8 Å². The number of hydrogen-bond donors (Lipinski definition) is 1. The SMILES string of the molecule is COCCCS(=O)c1ccc(N)cc1Cl. The third kappa shape index (κ3) is 3.81. The first-order chi connectivity index (χ1) is 7.15. The van der Waals surface area contributed by atoms with E-state index in [9.17, 15) is 4.21 Å². The van der Waals surface area contributed by atoms with E-state index in [0.29, 0.717) is 28.0 Å². The second-order valence-electron chi connectivity index (χ2n) is 3.09. The Balaban J connectivity index is 2.65. The van der Waals surface area contributed by atoms with Gasteiger partial charge in [0.05, 0.1) is 20.7 Å². The molecule has 0 fully saturated rings. The minimum absolute atomic E-state index is 0.464. The first-order valence-electron chi connectivity index (χ1n) is 4.57. The number of hydrogen-bond acceptors (Lipinski definition) is 3. The minimum atomic E-state index is -1.07. The lowest BCUT2D eigenvalue weighted by atomic mass is 10.3. The Morgan fingerprint density at radius 2 is 2.27 bits per heavy atom. The lowest BCUT2D eigenvalue weighted by molar-refractivity contribution is 0.200. The molecular formula is C10H14ClNO2S. The number of halogens is 1. The summed E-state index contributed by atoms with van der Waals surface area (Å²) >= 11 is 5.93. The van der Waals surface area contributed by atoms with Gasteiger partial charge in [0.15, 0.2) is 0 Å². The van der Waals surface area contributed by atoms with Gasteiger partial charge in [0, 0.05) is 25.2 Å². The lowest BCUT2D eigenvalue weighted by Crippen LogP contribution is -2.02. The molecule has 1 aromatic rings. The second kappa shape index (κ2) is 6.10. The summed E-state index contributed by atoms with van der Waals surface area (Å²) in [6, 6.07) is 5.03. The van der Waals surface area contributed by atoms with Gasteiger partial charge in [-0.25, -0.2) is 0 Å². The number of methoxy groups -OCH3 is 1. The molecule has 0 radical (unpaired) electrons. The molecule has 0 aliphatic heterocycles. The van der Waals surface area contributed by atoms with Gasteiger partial charge < -0.3 is 10.5 Å². The van der Waals surface area contributed by atoms with Crippen LogP contribution in [0.4, 0.5) is 5.69 Å². The predicted molar refractivity (Wildman–Crippen MR) is 63.6 cm³/mol. The fraction of sp³-hybridized carbons (Fsp3) is 0.400. The summed E-state index contributed by atoms with van der Waals surface area (Å²) in [7, 11) is 0.552. The Kier molecular flexibility index (Phi) is 5.08. The van der Waals surface area contributed by atoms with Crippen LogP contribution in [0.1, 0.15) is 6.42 Å². The average molecular weight is 248 g/mol. The highest BCUT2D eigenvalue weighted by Gasteiger charge is 2.08. The van der Waals surface area contributed by atoms with Crippen LogP contribution < -0.4 is 5.73 Å². The topological polar surface area (TPSA) is 52.3 Å². The maximum atomic E-state index is 11.8. The molecule has 3 nitrogen and oxygen atoms in total. The molecule has 15 heavy (non-hydrogen) atoms. The first-order valence-corrected chi connectivity index (χ1v) is 6.27. The molecule has 0 aromatic heterocycles. The largest absolute Gasteiger partial charge is 0.399 e. The number of anilines is 1. The molecule has 5 heteroatoms. The van der Waals surface area contributed by atoms with Crippen LogP contribution in [0.2, 0.25) is 5.02 Å². The van der Waals surface area contributed by atoms with Gasteiger partial charge >= 0.3 is 0 Å². The molecule has 84 valence electrons. The Bertz CT molecular complexity index is 357. The Morgan fingerprint density at radius 1 is 1.53 bits per heavy atom. The number of nitrogen functional groups attached to an aromatic ring is 1. The summed E-state index contributed by atoms with van der Waals surface area (Å²) in [6.45, 7) is 0.609. The van der Waals surface area contributed by atoms with Gasteiger partial charge in [-0.1, -0.05) is 11.6 Å². The van der Waals surface area contributed by atoms with Crippen molar-refractivity contribution in [2.75, 3.05) is 25.2 Å². The van der Waals surface area contributed by atoms with Crippen LogP contribution in [-0.2, 0) is 15.5 Å². The van der Waals surface area contributed by atoms with E-state index in [1.54, 1.807) is 25.3 Å². The molecule has 2 N–H and O–H groups in total. The summed E-state index contributed by atoms with van der Waals surface area (Å²) in [6.07, 6.45) is 0.754. The summed E-state index contributed by atoms with van der Waals surface area (Å²) in [5.74, 6) is 0.553. The van der Waals surface area contributed by atoms with Crippen LogP contribution in [0.25, 0.3) is 0 Å². The third-order valence-corrected chi connectivity index (χ3v) is 3.81. The van der Waals surface area contributed by atoms with Crippen LogP contribution in [0.5, 0.6) is 0 Å². The third-order valence-electron chi connectivity index (χ3n) is 1.88. The van der Waals surface area contributed by atoms with E-state index >= 15 is 0 Å². The molecule has 1 atom stereocenters. The molecule has 0 bridgehead atoms. The number of nitrogens with two attached hydrogens (primary N) is 1. The van der Waals surface area contributed by atoms with Crippen molar-refractivity contribution in [3.63, 3.8) is 0 Å². The van der Waals surface area contributed by atoms with Gasteiger partial charge in [-0.15, -0.1) is 0 Å². The summed E-state index contributed by atoms with van der Waals surface area (Å²) in [4.78, 5) is 0.641. The van der Waals surface area contributed by atoms with E-state index in [2.05, 4.69) is 0 Å². The van der Waals surface area contributed by atoms with Gasteiger partial charge in [0.25, 0.3) is 0 Å². The van der Waals surface area contributed by atoms with Crippen molar-refractivity contribution >= 4 is 28.1 Å². The molecule has 0 spiro atoms. The van der Waals surface area contributed by atoms with Gasteiger partial charge in [0.1, 0.15) is 0 Å². The Labute approximate surface area is 97.0 Å². The molecule has 0 aliphatic carbocycles. The Morgan fingerprint density at radius 3 is 2.87 bits per heavy atom. The maximum Gasteiger partial charge on any atom is 0.0587 e. The van der Waals surface area contributed by atoms with Crippen LogP contribution >= 0.6 is 11.6 Å². The highest BCUT2D eigenvalue weighted by atomic mass is 35.5. The monoisotopic (exact) mass is 247 g/mol. The molecule has 1 unspecified atom stereocenters. The van der Waals surface area contributed by atoms with Gasteiger partial charge in [-0.05, 0) is 24.6 Å². The molecule has 0 aliphatic rings. The molecule has 0 heterocycles. The van der Waals surface area contributed by atoms with E-state index in [1.165, 1.54) is 0 Å². The van der Waals surface area contributed by atoms with E-state index in [4.69, 9.17) is 22.1 Å². The summed E-state index contributed by atoms with van der Waals surface area (Å²) < 4.78 is 16.7. The van der Waals surface area contributed by atoms with Crippen molar-refractivity contribution in [2.45, 2.75) is 11.3 Å². The van der Waals surface area contributed by atoms with Crippen molar-refractivity contribution in [1.29, 1.82) is 0 Å². The van der Waals surface area contributed by atoms with Crippen LogP contribution in [0, 0.1) is 0 Å². The molecule has 0 saturated carbocycles. The fourth-order valence-electron chi connectivity index (χ4n) is 1.15. The van der Waals surface area contributed by atoms with Gasteiger partial charge in [0.2, 0.25) is 0 Å². The average Bonchev–Trinajstić information content (AvgIpc) is 2.17. The zero-order chi connectivity index (χ0) is 11.3. The van der Waals surface area contributed by atoms with Gasteiger partial charge in [-0.3, -0.25) is 4.21 Å². The zero-order valence-corrected chi connectivity index (χ0v) is 10.1. The van der Waals surface area contributed by atoms with E-state index in [-0.39, 0.29) is 0 Å². The van der Waals surface area contributed by atoms with E-state index in [0.717, 1.165) is 6.42 Å². The van der Waals surface area contributed by atoms with Crippen LogP contribution in [0.15, 0.2) is 23.1 Å². The van der Waals surface area contributed by atoms with Crippen LogP contribution in [-0.4, -0.2) is 23.7 Å². The standard InChI is InChI=1S/C10H14ClNO2S/c1-14-5-2-6-15(13)10-4-3-8(12)7-9(10)11/h3-4,7H,2,5-6,12H2,1H3. The molecule has 1 aromatic carbocycles. The molecule has 0 saturated heterocycles. The van der Waals surface area contributed by atoms with Crippen molar-refractivity contribution in [2.24, 2.45) is 0 Å². The van der Waals surface area contributed by atoms with Gasteiger partial charge in [-0.2, -0.15) is 0 Å². The molecule has 0 amide bonds. The highest BCUT2D eigenvalue weighted by Crippen LogP contribution is 2.22. The van der Waals surface area contributed by atoms with Crippen molar-refractivity contribution < 1.29 is 8.95 Å². The normalized spacial score (nSPS) is 12.7. The fourth-order valence-corrected chi connectivity index (χ4v) is 2.69. The first kappa shape index (κ1) is 12.5. The van der Waals surface area contributed by atoms with Crippen LogP contribution in [0.3, 0.4) is 0 Å². The lowest BCUT2D eigenvalue weighted by Gasteiger charge is -2.05. The number of rotatable bonds is 5. The maximum absolute atomic E-state index is 11.8. The van der Waals surface area contributed by atoms with Crippen molar-refractivity contribution in [1.82, 2.24) is 0 Å². The van der Waals surface area contributed by atoms with Crippen molar-refractivity contribution in [3.8, 4) is 0 Å². The quantitative estimate of drug-likeness (QED) is 0.640. The second-order valence-corrected chi connectivity index (χ2v) is 5.03. The summed E-state index contributed by atoms with van der Waals surface area (Å²) in [5.41, 5.74) is 6.13. The molecular weight excluding hydrogens is 234 g/mol. The number of ether oxygens (including phenoxy) is 1. The smallest absolute Gasteiger partial charge is 0.0587 e. The zero-order valence-electron chi connectivity index (χ0n) is 8.53. The number of benzene rings is 1. The Hall–Kier alpha value is -0.580. The minimum Gasteiger partial charge on any atom is -0.399 e. The molecule has 1 rings (SSSR count).